The number of aliphatic hydroxyl groups is 3. The second kappa shape index (κ2) is 14.4. The fraction of sp³-hybridized carbons (Fsp3) is 0.633. The molecule has 7 atom stereocenters. The van der Waals surface area contributed by atoms with Crippen LogP contribution in [0.3, 0.4) is 0 Å². The van der Waals surface area contributed by atoms with Crippen molar-refractivity contribution in [1.82, 2.24) is 0 Å². The highest BCUT2D eigenvalue weighted by atomic mass is 35.5. The first-order chi connectivity index (χ1) is 18.3. The highest BCUT2D eigenvalue weighted by molar-refractivity contribution is 6.23. The molecule has 0 aliphatic heterocycles. The molecular weight excluding hydrogens is 540 g/mol. The molecule has 1 fully saturated rings. The molecule has 10 heteroatoms. The number of allylic oxidation sites excluding steroid dienone is 3. The van der Waals surface area contributed by atoms with Gasteiger partial charge in [-0.1, -0.05) is 24.8 Å². The van der Waals surface area contributed by atoms with E-state index in [4.69, 9.17) is 25.8 Å². The van der Waals surface area contributed by atoms with Gasteiger partial charge in [-0.2, -0.15) is 0 Å². The lowest BCUT2D eigenvalue weighted by Gasteiger charge is -2.48. The molecule has 0 aromatic heterocycles. The summed E-state index contributed by atoms with van der Waals surface area (Å²) in [5.74, 6) is -3.06. The molecule has 0 radical (unpaired) electrons. The predicted molar refractivity (Wildman–Crippen MR) is 152 cm³/mol. The van der Waals surface area contributed by atoms with Gasteiger partial charge in [-0.15, -0.1) is 11.6 Å². The highest BCUT2D eigenvalue weighted by Gasteiger charge is 2.56. The topological polar surface area (TPSA) is 140 Å². The SMILES string of the molecule is C=C(C(CC(O)C(C)(C)Cl)OC(=O)/C(C)=C\C)[C@H]1C[C@H](OC(=O)/C(C)=C/C)[C@](C)(O)[C@@H](O)[C@H]1OC(=O)/C(C)=C\C. The summed E-state index contributed by atoms with van der Waals surface area (Å²) in [6, 6.07) is 0. The number of aliphatic hydroxyl groups excluding tert-OH is 2. The van der Waals surface area contributed by atoms with E-state index in [1.807, 2.05) is 0 Å². The molecule has 0 aromatic rings. The number of carbonyl (C=O) groups is 3. The summed E-state index contributed by atoms with van der Waals surface area (Å²) in [5.41, 5.74) is -0.963. The second-order valence-electron chi connectivity index (χ2n) is 11.0. The minimum absolute atomic E-state index is 0.129. The smallest absolute Gasteiger partial charge is 0.333 e. The largest absolute Gasteiger partial charge is 0.456 e. The number of esters is 3. The maximum absolute atomic E-state index is 12.8. The zero-order chi connectivity index (χ0) is 31.2. The standard InChI is InChI=1S/C30H45ClO9/c1-11-16(4)26(34)38-21(15-22(32)29(8,9)31)19(7)20-14-23(39-27(35)17(5)12-2)30(10,37)25(33)24(20)40-28(36)18(6)13-3/h11-13,20-25,32-33,37H,7,14-15H2,1-6,8-10H3/b16-11-,17-12+,18-13-/t20-,21?,22?,23+,24+,25+,30+/m1/s1. The van der Waals surface area contributed by atoms with E-state index < -0.39 is 64.8 Å². The quantitative estimate of drug-likeness (QED) is 0.108. The fourth-order valence-corrected chi connectivity index (χ4v) is 4.12. The number of carbonyl (C=O) groups excluding carboxylic acids is 3. The Labute approximate surface area is 242 Å². The van der Waals surface area contributed by atoms with Gasteiger partial charge in [-0.25, -0.2) is 14.4 Å². The number of rotatable bonds is 11. The lowest BCUT2D eigenvalue weighted by molar-refractivity contribution is -0.226. The average molecular weight is 585 g/mol. The molecule has 9 nitrogen and oxygen atoms in total. The van der Waals surface area contributed by atoms with E-state index in [-0.39, 0.29) is 24.0 Å². The summed E-state index contributed by atoms with van der Waals surface area (Å²) in [6.45, 7) is 18.2. The van der Waals surface area contributed by atoms with Crippen LogP contribution in [0.4, 0.5) is 0 Å². The third kappa shape index (κ3) is 8.77. The molecule has 226 valence electrons. The Balaban J connectivity index is 3.64. The maximum atomic E-state index is 12.8. The Kier molecular flexibility index (Phi) is 12.8. The zero-order valence-electron chi connectivity index (χ0n) is 25.0. The molecule has 1 aliphatic carbocycles. The van der Waals surface area contributed by atoms with Crippen molar-refractivity contribution in [3.05, 3.63) is 47.1 Å². The van der Waals surface area contributed by atoms with Crippen LogP contribution in [0.1, 0.15) is 75.2 Å². The van der Waals surface area contributed by atoms with E-state index in [1.54, 1.807) is 60.6 Å². The van der Waals surface area contributed by atoms with E-state index in [0.29, 0.717) is 11.1 Å². The fourth-order valence-electron chi connectivity index (χ4n) is 4.03. The molecule has 1 aliphatic rings. The lowest BCUT2D eigenvalue weighted by Crippen LogP contribution is -2.64. The first-order valence-electron chi connectivity index (χ1n) is 13.3. The Morgan fingerprint density at radius 1 is 1.00 bits per heavy atom. The van der Waals surface area contributed by atoms with Crippen LogP contribution in [0.2, 0.25) is 0 Å². The van der Waals surface area contributed by atoms with Gasteiger partial charge in [0.1, 0.15) is 30.0 Å². The van der Waals surface area contributed by atoms with Gasteiger partial charge in [0.15, 0.2) is 0 Å². The van der Waals surface area contributed by atoms with E-state index in [1.165, 1.54) is 19.9 Å². The van der Waals surface area contributed by atoms with E-state index >= 15 is 0 Å². The third-order valence-corrected chi connectivity index (χ3v) is 7.80. The van der Waals surface area contributed by atoms with Crippen LogP contribution in [-0.2, 0) is 28.6 Å². The van der Waals surface area contributed by atoms with Gasteiger partial charge >= 0.3 is 17.9 Å². The van der Waals surface area contributed by atoms with Crippen molar-refractivity contribution in [2.45, 2.75) is 116 Å². The molecular formula is C30H45ClO9. The van der Waals surface area contributed by atoms with Crippen LogP contribution < -0.4 is 0 Å². The van der Waals surface area contributed by atoms with Crippen LogP contribution in [0.25, 0.3) is 0 Å². The van der Waals surface area contributed by atoms with Crippen LogP contribution in [-0.4, -0.2) is 74.2 Å². The van der Waals surface area contributed by atoms with Gasteiger partial charge in [-0.3, -0.25) is 0 Å². The molecule has 0 amide bonds. The number of hydrogen-bond acceptors (Lipinski definition) is 9. The number of hydrogen-bond donors (Lipinski definition) is 3. The Morgan fingerprint density at radius 2 is 1.45 bits per heavy atom. The summed E-state index contributed by atoms with van der Waals surface area (Å²) in [7, 11) is 0. The minimum Gasteiger partial charge on any atom is -0.456 e. The Morgan fingerprint density at radius 3 is 1.90 bits per heavy atom. The van der Waals surface area contributed by atoms with Crippen molar-refractivity contribution in [3.8, 4) is 0 Å². The van der Waals surface area contributed by atoms with Gasteiger partial charge in [0.2, 0.25) is 0 Å². The molecule has 0 spiro atoms. The Hall–Kier alpha value is -2.46. The van der Waals surface area contributed by atoms with Crippen molar-refractivity contribution in [3.63, 3.8) is 0 Å². The van der Waals surface area contributed by atoms with Crippen molar-refractivity contribution < 1.29 is 43.9 Å². The van der Waals surface area contributed by atoms with Crippen LogP contribution in [0.5, 0.6) is 0 Å². The maximum Gasteiger partial charge on any atom is 0.333 e. The van der Waals surface area contributed by atoms with Gasteiger partial charge < -0.3 is 29.5 Å². The Bertz CT molecular complexity index is 1050. The number of alkyl halides is 1. The van der Waals surface area contributed by atoms with E-state index in [0.717, 1.165) is 0 Å². The first kappa shape index (κ1) is 35.6. The monoisotopic (exact) mass is 584 g/mol. The highest BCUT2D eigenvalue weighted by Crippen LogP contribution is 2.42. The average Bonchev–Trinajstić information content (AvgIpc) is 2.89. The molecule has 1 saturated carbocycles. The number of ether oxygens (including phenoxy) is 3. The van der Waals surface area contributed by atoms with Gasteiger partial charge in [0.05, 0.1) is 11.0 Å². The molecule has 2 unspecified atom stereocenters. The molecule has 1 rings (SSSR count). The minimum atomic E-state index is -2.01. The molecule has 0 bridgehead atoms. The second-order valence-corrected chi connectivity index (χ2v) is 12.0. The zero-order valence-corrected chi connectivity index (χ0v) is 25.7. The summed E-state index contributed by atoms with van der Waals surface area (Å²) in [5, 5.41) is 33.4. The summed E-state index contributed by atoms with van der Waals surface area (Å²) in [6.07, 6.45) is -2.23. The molecule has 3 N–H and O–H groups in total. The van der Waals surface area contributed by atoms with E-state index in [9.17, 15) is 29.7 Å². The van der Waals surface area contributed by atoms with E-state index in [2.05, 4.69) is 6.58 Å². The third-order valence-electron chi connectivity index (χ3n) is 7.55. The molecule has 40 heavy (non-hydrogen) atoms. The van der Waals surface area contributed by atoms with Gasteiger partial charge in [-0.05, 0) is 74.3 Å². The van der Waals surface area contributed by atoms with Gasteiger partial charge in [0, 0.05) is 29.1 Å². The van der Waals surface area contributed by atoms with Gasteiger partial charge in [0.25, 0.3) is 0 Å². The van der Waals surface area contributed by atoms with Crippen molar-refractivity contribution in [1.29, 1.82) is 0 Å². The molecule has 0 aromatic carbocycles. The van der Waals surface area contributed by atoms with Crippen molar-refractivity contribution in [2.24, 2.45) is 5.92 Å². The van der Waals surface area contributed by atoms with Crippen LogP contribution in [0.15, 0.2) is 47.1 Å². The van der Waals surface area contributed by atoms with Crippen LogP contribution in [0, 0.1) is 5.92 Å². The van der Waals surface area contributed by atoms with Crippen molar-refractivity contribution in [2.75, 3.05) is 0 Å². The first-order valence-corrected chi connectivity index (χ1v) is 13.7. The number of halogens is 1. The normalized spacial score (nSPS) is 27.9. The van der Waals surface area contributed by atoms with Crippen LogP contribution >= 0.6 is 11.6 Å². The predicted octanol–water partition coefficient (Wildman–Crippen LogP) is 4.08. The molecule has 0 heterocycles. The summed E-state index contributed by atoms with van der Waals surface area (Å²) in [4.78, 5) is 37.1. The lowest BCUT2D eigenvalue weighted by atomic mass is 9.69. The summed E-state index contributed by atoms with van der Waals surface area (Å²) < 4.78 is 17.0. The van der Waals surface area contributed by atoms with Crippen molar-refractivity contribution >= 4 is 29.5 Å². The summed E-state index contributed by atoms with van der Waals surface area (Å²) >= 11 is 6.33. The molecule has 0 saturated heterocycles.